The quantitative estimate of drug-likeness (QED) is 0.324. The van der Waals surface area contributed by atoms with Crippen molar-refractivity contribution in [2.45, 2.75) is 31.8 Å². The first-order valence-electron chi connectivity index (χ1n) is 10.8. The summed E-state index contributed by atoms with van der Waals surface area (Å²) in [5.74, 6) is 1.56. The molecular formula is C22H32ClIN6O. The number of rotatable bonds is 6. The molecular weight excluding hydrogens is 527 g/mol. The normalized spacial score (nSPS) is 20.5. The van der Waals surface area contributed by atoms with Crippen molar-refractivity contribution in [1.29, 1.82) is 0 Å². The van der Waals surface area contributed by atoms with Gasteiger partial charge in [0.05, 0.1) is 18.5 Å². The van der Waals surface area contributed by atoms with Crippen molar-refractivity contribution in [2.75, 3.05) is 39.9 Å². The lowest BCUT2D eigenvalue weighted by atomic mass is 10.0. The predicted molar refractivity (Wildman–Crippen MR) is 136 cm³/mol. The van der Waals surface area contributed by atoms with Crippen LogP contribution in [-0.4, -0.2) is 66.6 Å². The Morgan fingerprint density at radius 2 is 2.00 bits per heavy atom. The van der Waals surface area contributed by atoms with Crippen LogP contribution in [0.25, 0.3) is 5.69 Å². The number of guanidine groups is 1. The fourth-order valence-electron chi connectivity index (χ4n) is 4.11. The van der Waals surface area contributed by atoms with Crippen LogP contribution in [0.3, 0.4) is 0 Å². The molecule has 2 fully saturated rings. The first kappa shape index (κ1) is 24.3. The molecule has 1 unspecified atom stereocenters. The van der Waals surface area contributed by atoms with E-state index in [1.165, 1.54) is 13.0 Å². The van der Waals surface area contributed by atoms with Gasteiger partial charge >= 0.3 is 0 Å². The third-order valence-electron chi connectivity index (χ3n) is 5.88. The zero-order valence-electron chi connectivity index (χ0n) is 18.0. The average molecular weight is 559 g/mol. The molecule has 4 rings (SSSR count). The van der Waals surface area contributed by atoms with Gasteiger partial charge in [0, 0.05) is 62.7 Å². The van der Waals surface area contributed by atoms with E-state index in [1.807, 2.05) is 48.4 Å². The molecule has 0 bridgehead atoms. The second-order valence-corrected chi connectivity index (χ2v) is 8.58. The maximum absolute atomic E-state index is 5.96. The number of hydrogen-bond acceptors (Lipinski definition) is 4. The molecule has 0 aliphatic carbocycles. The van der Waals surface area contributed by atoms with E-state index < -0.39 is 0 Å². The summed E-state index contributed by atoms with van der Waals surface area (Å²) in [7, 11) is 1.82. The number of aromatic nitrogens is 2. The first-order valence-corrected chi connectivity index (χ1v) is 11.1. The SMILES string of the molecule is CN=C(NCc1cnn(-c2ccc(Cl)cc2)c1)NC1CCN(CC2CCOC2)CC1.I. The van der Waals surface area contributed by atoms with Gasteiger partial charge in [0.2, 0.25) is 0 Å². The van der Waals surface area contributed by atoms with E-state index in [1.54, 1.807) is 0 Å². The van der Waals surface area contributed by atoms with Crippen LogP contribution in [0.15, 0.2) is 41.7 Å². The molecule has 2 saturated heterocycles. The maximum atomic E-state index is 5.96. The summed E-state index contributed by atoms with van der Waals surface area (Å²) < 4.78 is 7.36. The smallest absolute Gasteiger partial charge is 0.191 e. The number of hydrogen-bond donors (Lipinski definition) is 2. The van der Waals surface area contributed by atoms with Gasteiger partial charge in [-0.15, -0.1) is 24.0 Å². The van der Waals surface area contributed by atoms with Crippen molar-refractivity contribution in [1.82, 2.24) is 25.3 Å². The van der Waals surface area contributed by atoms with Crippen LogP contribution in [0.2, 0.25) is 5.02 Å². The first-order chi connectivity index (χ1) is 14.7. The predicted octanol–water partition coefficient (Wildman–Crippen LogP) is 3.31. The molecule has 3 heterocycles. The molecule has 0 saturated carbocycles. The highest BCUT2D eigenvalue weighted by Gasteiger charge is 2.24. The van der Waals surface area contributed by atoms with Crippen molar-refractivity contribution in [3.63, 3.8) is 0 Å². The van der Waals surface area contributed by atoms with Crippen molar-refractivity contribution in [3.05, 3.63) is 47.2 Å². The Balaban J connectivity index is 0.00000272. The lowest BCUT2D eigenvalue weighted by Gasteiger charge is -2.34. The van der Waals surface area contributed by atoms with Gasteiger partial charge in [0.25, 0.3) is 0 Å². The van der Waals surface area contributed by atoms with E-state index in [0.29, 0.717) is 12.6 Å². The third kappa shape index (κ3) is 7.06. The van der Waals surface area contributed by atoms with Gasteiger partial charge in [0.15, 0.2) is 5.96 Å². The van der Waals surface area contributed by atoms with E-state index >= 15 is 0 Å². The van der Waals surface area contributed by atoms with Gasteiger partial charge in [-0.3, -0.25) is 4.99 Å². The van der Waals surface area contributed by atoms with Gasteiger partial charge in [-0.05, 0) is 49.4 Å². The molecule has 7 nitrogen and oxygen atoms in total. The second-order valence-electron chi connectivity index (χ2n) is 8.14. The molecule has 0 spiro atoms. The highest BCUT2D eigenvalue weighted by molar-refractivity contribution is 14.0. The van der Waals surface area contributed by atoms with Gasteiger partial charge in [-0.2, -0.15) is 5.10 Å². The number of likely N-dealkylation sites (tertiary alicyclic amines) is 1. The molecule has 170 valence electrons. The minimum Gasteiger partial charge on any atom is -0.381 e. The number of ether oxygens (including phenoxy) is 1. The van der Waals surface area contributed by atoms with Crippen LogP contribution in [0.1, 0.15) is 24.8 Å². The summed E-state index contributed by atoms with van der Waals surface area (Å²) in [6.07, 6.45) is 7.39. The number of piperidine rings is 1. The van der Waals surface area contributed by atoms with E-state index in [9.17, 15) is 0 Å². The molecule has 9 heteroatoms. The Morgan fingerprint density at radius 3 is 2.68 bits per heavy atom. The fraction of sp³-hybridized carbons (Fsp3) is 0.545. The minimum absolute atomic E-state index is 0. The molecule has 0 radical (unpaired) electrons. The second kappa shape index (κ2) is 12.0. The van der Waals surface area contributed by atoms with E-state index in [2.05, 4.69) is 25.6 Å². The van der Waals surface area contributed by atoms with Gasteiger partial charge < -0.3 is 20.3 Å². The third-order valence-corrected chi connectivity index (χ3v) is 6.13. The van der Waals surface area contributed by atoms with Gasteiger partial charge in [-0.25, -0.2) is 4.68 Å². The zero-order valence-corrected chi connectivity index (χ0v) is 21.1. The Bertz CT molecular complexity index is 829. The molecule has 1 aromatic heterocycles. The van der Waals surface area contributed by atoms with E-state index in [-0.39, 0.29) is 24.0 Å². The molecule has 1 atom stereocenters. The monoisotopic (exact) mass is 558 g/mol. The van der Waals surface area contributed by atoms with E-state index in [4.69, 9.17) is 16.3 Å². The Labute approximate surface area is 206 Å². The van der Waals surface area contributed by atoms with Gasteiger partial charge in [0.1, 0.15) is 0 Å². The highest BCUT2D eigenvalue weighted by Crippen LogP contribution is 2.18. The Hall–Kier alpha value is -1.36. The topological polar surface area (TPSA) is 66.7 Å². The van der Waals surface area contributed by atoms with Crippen LogP contribution in [0.5, 0.6) is 0 Å². The fourth-order valence-corrected chi connectivity index (χ4v) is 4.24. The summed E-state index contributed by atoms with van der Waals surface area (Å²) in [4.78, 5) is 6.98. The minimum atomic E-state index is 0. The zero-order chi connectivity index (χ0) is 20.8. The molecule has 0 amide bonds. The maximum Gasteiger partial charge on any atom is 0.191 e. The number of benzene rings is 1. The van der Waals surface area contributed by atoms with Crippen LogP contribution in [0, 0.1) is 5.92 Å². The number of nitrogens with zero attached hydrogens (tertiary/aromatic N) is 4. The summed E-state index contributed by atoms with van der Waals surface area (Å²) in [5, 5.41) is 12.2. The summed E-state index contributed by atoms with van der Waals surface area (Å²) >= 11 is 5.96. The van der Waals surface area contributed by atoms with Crippen molar-refractivity contribution < 1.29 is 4.74 Å². The molecule has 31 heavy (non-hydrogen) atoms. The number of nitrogens with one attached hydrogen (secondary N) is 2. The summed E-state index contributed by atoms with van der Waals surface area (Å²) in [5.41, 5.74) is 2.09. The van der Waals surface area contributed by atoms with Crippen molar-refractivity contribution in [2.24, 2.45) is 10.9 Å². The van der Waals surface area contributed by atoms with Crippen molar-refractivity contribution >= 4 is 41.5 Å². The largest absolute Gasteiger partial charge is 0.381 e. The van der Waals surface area contributed by atoms with Gasteiger partial charge in [-0.1, -0.05) is 11.6 Å². The number of aliphatic imine (C=N–C) groups is 1. The lowest BCUT2D eigenvalue weighted by molar-refractivity contribution is 0.150. The molecule has 2 N–H and O–H groups in total. The van der Waals surface area contributed by atoms with Crippen LogP contribution >= 0.6 is 35.6 Å². The molecule has 1 aromatic carbocycles. The summed E-state index contributed by atoms with van der Waals surface area (Å²) in [6, 6.07) is 8.12. The van der Waals surface area contributed by atoms with Crippen LogP contribution in [-0.2, 0) is 11.3 Å². The van der Waals surface area contributed by atoms with Crippen molar-refractivity contribution in [3.8, 4) is 5.69 Å². The molecule has 2 aliphatic rings. The van der Waals surface area contributed by atoms with Crippen LogP contribution in [0.4, 0.5) is 0 Å². The molecule has 2 aromatic rings. The summed E-state index contributed by atoms with van der Waals surface area (Å²) in [6.45, 7) is 6.00. The molecule has 2 aliphatic heterocycles. The number of halogens is 2. The highest BCUT2D eigenvalue weighted by atomic mass is 127. The van der Waals surface area contributed by atoms with Crippen LogP contribution < -0.4 is 10.6 Å². The average Bonchev–Trinajstić information content (AvgIpc) is 3.45. The standard InChI is InChI=1S/C22H31ClN6O.HI/c1-24-22(27-20-6-9-28(10-7-20)14-17-8-11-30-16-17)25-12-18-13-26-29(15-18)21-4-2-19(23)3-5-21;/h2-5,13,15,17,20H,6-12,14,16H2,1H3,(H2,24,25,27);1H. The Kier molecular flexibility index (Phi) is 9.43. The Morgan fingerprint density at radius 1 is 1.23 bits per heavy atom. The lowest BCUT2D eigenvalue weighted by Crippen LogP contribution is -2.49. The van der Waals surface area contributed by atoms with E-state index in [0.717, 1.165) is 67.3 Å².